The summed E-state index contributed by atoms with van der Waals surface area (Å²) in [6, 6.07) is 6.66. The average molecular weight is 322 g/mol. The first-order chi connectivity index (χ1) is 9.02. The first-order valence-electron chi connectivity index (χ1n) is 6.52. The number of hydrogen-bond donors (Lipinski definition) is 1. The molecule has 0 spiro atoms. The molecule has 1 heterocycles. The maximum absolute atomic E-state index is 4.53. The third-order valence-corrected chi connectivity index (χ3v) is 4.48. The highest BCUT2D eigenvalue weighted by Crippen LogP contribution is 2.28. The molecule has 0 fully saturated rings. The lowest BCUT2D eigenvalue weighted by molar-refractivity contribution is 0.599. The van der Waals surface area contributed by atoms with Crippen LogP contribution in [0.2, 0.25) is 0 Å². The minimum absolute atomic E-state index is 0.150. The molecule has 2 aromatic rings. The van der Waals surface area contributed by atoms with Crippen LogP contribution < -0.4 is 5.32 Å². The van der Waals surface area contributed by atoms with Crippen molar-refractivity contribution in [3.63, 3.8) is 0 Å². The number of hydrogen-bond acceptors (Lipinski definition) is 2. The fourth-order valence-corrected chi connectivity index (χ4v) is 2.56. The van der Waals surface area contributed by atoms with Crippen molar-refractivity contribution in [2.75, 3.05) is 6.54 Å². The van der Waals surface area contributed by atoms with Crippen LogP contribution in [0, 0.1) is 13.8 Å². The van der Waals surface area contributed by atoms with Crippen LogP contribution in [0.4, 0.5) is 0 Å². The fourth-order valence-electron chi connectivity index (χ4n) is 2.33. The van der Waals surface area contributed by atoms with Gasteiger partial charge in [-0.3, -0.25) is 4.68 Å². The van der Waals surface area contributed by atoms with E-state index in [2.05, 4.69) is 65.3 Å². The fraction of sp³-hybridized carbons (Fsp3) is 0.400. The molecule has 4 heteroatoms. The minimum Gasteiger partial charge on any atom is -0.305 e. The Morgan fingerprint density at radius 1 is 1.32 bits per heavy atom. The monoisotopic (exact) mass is 321 g/mol. The molecule has 0 aliphatic heterocycles. The molecule has 102 valence electrons. The second kappa shape index (κ2) is 5.88. The second-order valence-corrected chi connectivity index (χ2v) is 5.67. The number of halogens is 1. The Balaban J connectivity index is 2.44. The molecule has 1 N–H and O–H groups in total. The molecule has 3 nitrogen and oxygen atoms in total. The molecule has 1 unspecified atom stereocenters. The van der Waals surface area contributed by atoms with E-state index in [-0.39, 0.29) is 6.04 Å². The van der Waals surface area contributed by atoms with E-state index in [0.29, 0.717) is 0 Å². The van der Waals surface area contributed by atoms with Gasteiger partial charge in [-0.05, 0) is 43.1 Å². The van der Waals surface area contributed by atoms with Crippen LogP contribution in [0.3, 0.4) is 0 Å². The van der Waals surface area contributed by atoms with Gasteiger partial charge >= 0.3 is 0 Å². The zero-order valence-electron chi connectivity index (χ0n) is 11.9. The molecule has 1 atom stereocenters. The summed E-state index contributed by atoms with van der Waals surface area (Å²) >= 11 is 3.62. The summed E-state index contributed by atoms with van der Waals surface area (Å²) in [7, 11) is 1.95. The quantitative estimate of drug-likeness (QED) is 0.934. The highest BCUT2D eigenvalue weighted by molar-refractivity contribution is 9.10. The van der Waals surface area contributed by atoms with Crippen molar-refractivity contribution in [1.29, 1.82) is 0 Å². The summed E-state index contributed by atoms with van der Waals surface area (Å²) in [4.78, 5) is 0. The summed E-state index contributed by atoms with van der Waals surface area (Å²) in [6.07, 6.45) is 1.98. The number of aryl methyl sites for hydroxylation is 3. The van der Waals surface area contributed by atoms with E-state index < -0.39 is 0 Å². The Hall–Kier alpha value is -1.13. The lowest BCUT2D eigenvalue weighted by atomic mass is 9.99. The molecule has 0 amide bonds. The molecule has 0 aliphatic rings. The van der Waals surface area contributed by atoms with Crippen LogP contribution in [-0.2, 0) is 7.05 Å². The normalized spacial score (nSPS) is 12.7. The van der Waals surface area contributed by atoms with Crippen LogP contribution in [0.1, 0.15) is 35.3 Å². The average Bonchev–Trinajstić information content (AvgIpc) is 2.79. The second-order valence-electron chi connectivity index (χ2n) is 4.87. The summed E-state index contributed by atoms with van der Waals surface area (Å²) in [5.41, 5.74) is 4.84. The predicted molar refractivity (Wildman–Crippen MR) is 82.3 cm³/mol. The predicted octanol–water partition coefficient (Wildman–Crippen LogP) is 3.50. The standard InChI is InChI=1S/C15H20BrN3/c1-5-17-15(13-6-7-19(4)18-13)12-8-10(2)14(16)11(3)9-12/h6-9,15,17H,5H2,1-4H3. The van der Waals surface area contributed by atoms with E-state index in [9.17, 15) is 0 Å². The number of nitrogens with one attached hydrogen (secondary N) is 1. The Morgan fingerprint density at radius 2 is 1.95 bits per heavy atom. The third-order valence-electron chi connectivity index (χ3n) is 3.23. The number of aromatic nitrogens is 2. The largest absolute Gasteiger partial charge is 0.305 e. The molecule has 0 saturated heterocycles. The van der Waals surface area contributed by atoms with Crippen molar-refractivity contribution in [3.8, 4) is 0 Å². The number of rotatable bonds is 4. The van der Waals surface area contributed by atoms with Gasteiger partial charge in [-0.2, -0.15) is 5.10 Å². The van der Waals surface area contributed by atoms with Crippen molar-refractivity contribution in [3.05, 3.63) is 51.3 Å². The Kier molecular flexibility index (Phi) is 4.42. The van der Waals surface area contributed by atoms with E-state index in [0.717, 1.165) is 12.2 Å². The van der Waals surface area contributed by atoms with Gasteiger partial charge in [0, 0.05) is 17.7 Å². The Morgan fingerprint density at radius 3 is 2.42 bits per heavy atom. The Labute approximate surface area is 123 Å². The van der Waals surface area contributed by atoms with Crippen LogP contribution in [0.25, 0.3) is 0 Å². The van der Waals surface area contributed by atoms with Crippen molar-refractivity contribution in [2.45, 2.75) is 26.8 Å². The van der Waals surface area contributed by atoms with Gasteiger partial charge < -0.3 is 5.32 Å². The molecular formula is C15H20BrN3. The topological polar surface area (TPSA) is 29.9 Å². The molecule has 1 aromatic heterocycles. The van der Waals surface area contributed by atoms with E-state index in [1.807, 2.05) is 17.9 Å². The van der Waals surface area contributed by atoms with E-state index >= 15 is 0 Å². The molecule has 1 aromatic carbocycles. The van der Waals surface area contributed by atoms with Crippen LogP contribution in [0.5, 0.6) is 0 Å². The zero-order chi connectivity index (χ0) is 14.0. The van der Waals surface area contributed by atoms with E-state index in [4.69, 9.17) is 0 Å². The van der Waals surface area contributed by atoms with Gasteiger partial charge in [-0.15, -0.1) is 0 Å². The summed E-state index contributed by atoms with van der Waals surface area (Å²) in [5.74, 6) is 0. The maximum Gasteiger partial charge on any atom is 0.0839 e. The first kappa shape index (κ1) is 14.3. The molecular weight excluding hydrogens is 302 g/mol. The van der Waals surface area contributed by atoms with Gasteiger partial charge in [0.25, 0.3) is 0 Å². The first-order valence-corrected chi connectivity index (χ1v) is 7.31. The molecule has 0 aliphatic carbocycles. The zero-order valence-corrected chi connectivity index (χ0v) is 13.5. The van der Waals surface area contributed by atoms with E-state index in [1.54, 1.807) is 0 Å². The molecule has 0 saturated carbocycles. The van der Waals surface area contributed by atoms with Crippen molar-refractivity contribution < 1.29 is 0 Å². The molecule has 0 radical (unpaired) electrons. The highest BCUT2D eigenvalue weighted by atomic mass is 79.9. The summed E-state index contributed by atoms with van der Waals surface area (Å²) < 4.78 is 3.03. The SMILES string of the molecule is CCNC(c1cc(C)c(Br)c(C)c1)c1ccn(C)n1. The molecule has 19 heavy (non-hydrogen) atoms. The van der Waals surface area contributed by atoms with Gasteiger partial charge in [0.1, 0.15) is 0 Å². The highest BCUT2D eigenvalue weighted by Gasteiger charge is 2.17. The van der Waals surface area contributed by atoms with Crippen molar-refractivity contribution >= 4 is 15.9 Å². The van der Waals surface area contributed by atoms with Crippen molar-refractivity contribution in [1.82, 2.24) is 15.1 Å². The van der Waals surface area contributed by atoms with Gasteiger partial charge in [0.15, 0.2) is 0 Å². The molecule has 2 rings (SSSR count). The smallest absolute Gasteiger partial charge is 0.0839 e. The van der Waals surface area contributed by atoms with Gasteiger partial charge in [0.2, 0.25) is 0 Å². The van der Waals surface area contributed by atoms with Gasteiger partial charge in [0.05, 0.1) is 11.7 Å². The summed E-state index contributed by atoms with van der Waals surface area (Å²) in [5, 5.41) is 8.04. The Bertz CT molecular complexity index is 552. The lowest BCUT2D eigenvalue weighted by Crippen LogP contribution is -2.23. The summed E-state index contributed by atoms with van der Waals surface area (Å²) in [6.45, 7) is 7.29. The minimum atomic E-state index is 0.150. The third kappa shape index (κ3) is 3.07. The van der Waals surface area contributed by atoms with Crippen LogP contribution in [-0.4, -0.2) is 16.3 Å². The van der Waals surface area contributed by atoms with Gasteiger partial charge in [-0.25, -0.2) is 0 Å². The van der Waals surface area contributed by atoms with Crippen LogP contribution in [0.15, 0.2) is 28.9 Å². The van der Waals surface area contributed by atoms with Gasteiger partial charge in [-0.1, -0.05) is 35.0 Å². The molecule has 0 bridgehead atoms. The van der Waals surface area contributed by atoms with E-state index in [1.165, 1.54) is 21.2 Å². The van der Waals surface area contributed by atoms with Crippen molar-refractivity contribution in [2.24, 2.45) is 7.05 Å². The van der Waals surface area contributed by atoms with Crippen LogP contribution >= 0.6 is 15.9 Å². The lowest BCUT2D eigenvalue weighted by Gasteiger charge is -2.18. The number of nitrogens with zero attached hydrogens (tertiary/aromatic N) is 2. The maximum atomic E-state index is 4.53. The number of benzene rings is 1.